The second kappa shape index (κ2) is 12.3. The molecule has 4 aliphatic rings. The average Bonchev–Trinajstić information content (AvgIpc) is 3.89. The molecule has 1 aliphatic heterocycles. The Labute approximate surface area is 290 Å². The SMILES string of the molecule is COC1CCC2(CC1)Cc1ccc(CCC3CC3)cc1C21N=C(SCc2ccc3nccnc3c2)N(Cc2ccc3nccnc3c2)C1=O. The molecular weight excluding hydrogens is 629 g/mol. The van der Waals surface area contributed by atoms with E-state index in [1.165, 1.54) is 30.4 Å². The quantitative estimate of drug-likeness (QED) is 0.168. The highest BCUT2D eigenvalue weighted by Crippen LogP contribution is 2.63. The van der Waals surface area contributed by atoms with Crippen LogP contribution in [0, 0.1) is 11.3 Å². The average molecular weight is 669 g/mol. The lowest BCUT2D eigenvalue weighted by molar-refractivity contribution is -0.138. The van der Waals surface area contributed by atoms with E-state index in [9.17, 15) is 0 Å². The van der Waals surface area contributed by atoms with Crippen molar-refractivity contribution in [3.8, 4) is 0 Å². The second-order valence-electron chi connectivity index (χ2n) is 14.4. The number of methoxy groups -OCH3 is 1. The van der Waals surface area contributed by atoms with Crippen molar-refractivity contribution < 1.29 is 9.53 Å². The molecule has 3 aromatic carbocycles. The van der Waals surface area contributed by atoms with Crippen LogP contribution in [0.15, 0.2) is 84.4 Å². The van der Waals surface area contributed by atoms with Gasteiger partial charge in [0.25, 0.3) is 5.91 Å². The van der Waals surface area contributed by atoms with Crippen molar-refractivity contribution in [3.05, 3.63) is 107 Å². The van der Waals surface area contributed by atoms with Gasteiger partial charge in [-0.05, 0) is 103 Å². The summed E-state index contributed by atoms with van der Waals surface area (Å²) >= 11 is 1.65. The Morgan fingerprint density at radius 3 is 2.14 bits per heavy atom. The van der Waals surface area contributed by atoms with E-state index in [2.05, 4.69) is 62.4 Å². The molecule has 0 radical (unpaired) electrons. The molecule has 9 rings (SSSR count). The van der Waals surface area contributed by atoms with Crippen molar-refractivity contribution in [2.24, 2.45) is 16.3 Å². The molecule has 9 heteroatoms. The molecule has 5 aromatic rings. The minimum Gasteiger partial charge on any atom is -0.381 e. The van der Waals surface area contributed by atoms with Crippen LogP contribution in [0.4, 0.5) is 0 Å². The largest absolute Gasteiger partial charge is 0.381 e. The third kappa shape index (κ3) is 5.42. The number of carbonyl (C=O) groups excluding carboxylic acids is 1. The lowest BCUT2D eigenvalue weighted by Gasteiger charge is -2.45. The minimum atomic E-state index is -0.954. The first-order chi connectivity index (χ1) is 24.0. The fraction of sp³-hybridized carbons (Fsp3) is 0.400. The predicted molar refractivity (Wildman–Crippen MR) is 193 cm³/mol. The number of hydrogen-bond donors (Lipinski definition) is 0. The molecule has 248 valence electrons. The maximum Gasteiger partial charge on any atom is 0.262 e. The van der Waals surface area contributed by atoms with Gasteiger partial charge in [0.05, 0.1) is 34.7 Å². The number of amidine groups is 1. The highest BCUT2D eigenvalue weighted by Gasteiger charge is 2.66. The number of fused-ring (bicyclic) bond motifs is 5. The molecule has 1 amide bonds. The maximum atomic E-state index is 15.5. The number of carbonyl (C=O) groups is 1. The highest BCUT2D eigenvalue weighted by molar-refractivity contribution is 8.13. The number of aromatic nitrogens is 4. The number of nitrogens with zero attached hydrogens (tertiary/aromatic N) is 6. The van der Waals surface area contributed by atoms with Gasteiger partial charge in [0, 0.05) is 43.1 Å². The van der Waals surface area contributed by atoms with Gasteiger partial charge in [0.15, 0.2) is 10.7 Å². The Morgan fingerprint density at radius 2 is 1.45 bits per heavy atom. The van der Waals surface area contributed by atoms with Gasteiger partial charge in [0.1, 0.15) is 0 Å². The lowest BCUT2D eigenvalue weighted by Crippen LogP contribution is -2.51. The van der Waals surface area contributed by atoms with Crippen molar-refractivity contribution in [1.29, 1.82) is 0 Å². The number of ether oxygens (including phenoxy) is 1. The molecule has 3 heterocycles. The summed E-state index contributed by atoms with van der Waals surface area (Å²) in [5.74, 6) is 1.63. The molecule has 0 N–H and O–H groups in total. The van der Waals surface area contributed by atoms with Gasteiger partial charge >= 0.3 is 0 Å². The molecule has 8 nitrogen and oxygen atoms in total. The second-order valence-corrected chi connectivity index (χ2v) is 15.4. The van der Waals surface area contributed by atoms with Crippen LogP contribution < -0.4 is 0 Å². The normalized spacial score (nSPS) is 24.8. The zero-order chi connectivity index (χ0) is 33.0. The molecule has 1 unspecified atom stereocenters. The Bertz CT molecular complexity index is 2110. The van der Waals surface area contributed by atoms with E-state index < -0.39 is 5.54 Å². The highest BCUT2D eigenvalue weighted by atomic mass is 32.2. The topological polar surface area (TPSA) is 93.5 Å². The number of rotatable bonds is 8. The van der Waals surface area contributed by atoms with E-state index in [4.69, 9.17) is 9.73 Å². The molecule has 0 bridgehead atoms. The number of hydrogen-bond acceptors (Lipinski definition) is 8. The maximum absolute atomic E-state index is 15.5. The van der Waals surface area contributed by atoms with Gasteiger partial charge in [-0.15, -0.1) is 0 Å². The Hall–Kier alpha value is -4.21. The van der Waals surface area contributed by atoms with Gasteiger partial charge in [-0.1, -0.05) is 54.9 Å². The summed E-state index contributed by atoms with van der Waals surface area (Å²) in [7, 11) is 1.82. The molecule has 3 aliphatic carbocycles. The molecule has 1 atom stereocenters. The van der Waals surface area contributed by atoms with Crippen LogP contribution in [-0.4, -0.2) is 49.1 Å². The van der Waals surface area contributed by atoms with E-state index >= 15 is 4.79 Å². The lowest BCUT2D eigenvalue weighted by atomic mass is 9.61. The van der Waals surface area contributed by atoms with Gasteiger partial charge in [0.2, 0.25) is 0 Å². The van der Waals surface area contributed by atoms with E-state index in [-0.39, 0.29) is 17.4 Å². The first-order valence-corrected chi connectivity index (χ1v) is 18.6. The molecule has 2 spiro atoms. The van der Waals surface area contributed by atoms with E-state index in [1.807, 2.05) is 24.1 Å². The fourth-order valence-corrected chi connectivity index (χ4v) is 9.56. The van der Waals surface area contributed by atoms with Gasteiger partial charge < -0.3 is 4.74 Å². The molecule has 2 fully saturated rings. The van der Waals surface area contributed by atoms with E-state index in [0.29, 0.717) is 12.3 Å². The van der Waals surface area contributed by atoms with Crippen LogP contribution in [0.25, 0.3) is 22.1 Å². The molecule has 0 saturated heterocycles. The number of amides is 1. The number of aliphatic imine (C=N–C) groups is 1. The predicted octanol–water partition coefficient (Wildman–Crippen LogP) is 7.57. The summed E-state index contributed by atoms with van der Waals surface area (Å²) in [6.45, 7) is 0.426. The monoisotopic (exact) mass is 668 g/mol. The van der Waals surface area contributed by atoms with Crippen molar-refractivity contribution in [1.82, 2.24) is 24.8 Å². The first kappa shape index (κ1) is 30.8. The first-order valence-electron chi connectivity index (χ1n) is 17.6. The van der Waals surface area contributed by atoms with Crippen LogP contribution >= 0.6 is 11.8 Å². The van der Waals surface area contributed by atoms with Crippen LogP contribution in [0.3, 0.4) is 0 Å². The standard InChI is InChI=1S/C40H40N6O2S/c1-48-31-12-14-39(15-13-31)23-30-9-6-27(5-4-26-2-3-26)20-32(30)40(39)37(47)46(24-28-7-10-33-35(21-28)43-18-16-41-33)38(45-40)49-25-29-8-11-34-36(22-29)44-19-17-42-34/h6-11,16-22,26,31H,2-5,12-15,23-25H2,1H3. The third-order valence-corrected chi connectivity index (χ3v) is 12.5. The molecule has 49 heavy (non-hydrogen) atoms. The van der Waals surface area contributed by atoms with Gasteiger partial charge in [-0.25, -0.2) is 4.99 Å². The zero-order valence-corrected chi connectivity index (χ0v) is 28.7. The smallest absolute Gasteiger partial charge is 0.262 e. The summed E-state index contributed by atoms with van der Waals surface area (Å²) < 4.78 is 5.85. The van der Waals surface area contributed by atoms with Crippen molar-refractivity contribution in [2.45, 2.75) is 81.7 Å². The number of aryl methyl sites for hydroxylation is 1. The summed E-state index contributed by atoms with van der Waals surface area (Å²) in [6.07, 6.45) is 16.6. The van der Waals surface area contributed by atoms with Crippen LogP contribution in [0.2, 0.25) is 0 Å². The molecule has 2 aromatic heterocycles. The van der Waals surface area contributed by atoms with Crippen LogP contribution in [-0.2, 0) is 40.2 Å². The summed E-state index contributed by atoms with van der Waals surface area (Å²) in [5.41, 5.74) is 8.05. The fourth-order valence-electron chi connectivity index (χ4n) is 8.58. The van der Waals surface area contributed by atoms with Crippen molar-refractivity contribution >= 4 is 44.9 Å². The van der Waals surface area contributed by atoms with Crippen molar-refractivity contribution in [2.75, 3.05) is 7.11 Å². The molecule has 2 saturated carbocycles. The zero-order valence-electron chi connectivity index (χ0n) is 27.8. The van der Waals surface area contributed by atoms with Gasteiger partial charge in [-0.2, -0.15) is 0 Å². The Kier molecular flexibility index (Phi) is 7.73. The number of benzene rings is 3. The van der Waals surface area contributed by atoms with Gasteiger partial charge in [-0.3, -0.25) is 29.6 Å². The van der Waals surface area contributed by atoms with E-state index in [1.54, 1.807) is 36.5 Å². The number of thioether (sulfide) groups is 1. The summed E-state index contributed by atoms with van der Waals surface area (Å²) in [4.78, 5) is 41.2. The van der Waals surface area contributed by atoms with Crippen molar-refractivity contribution in [3.63, 3.8) is 0 Å². The minimum absolute atomic E-state index is 0.104. The van der Waals surface area contributed by atoms with Crippen LogP contribution in [0.1, 0.15) is 72.8 Å². The summed E-state index contributed by atoms with van der Waals surface area (Å²) in [5, 5.41) is 0.785. The molecular formula is C40H40N6O2S. The third-order valence-electron chi connectivity index (χ3n) is 11.4. The Morgan fingerprint density at radius 1 is 0.796 bits per heavy atom. The van der Waals surface area contributed by atoms with Crippen LogP contribution in [0.5, 0.6) is 0 Å². The van der Waals surface area contributed by atoms with E-state index in [0.717, 1.165) is 88.4 Å². The summed E-state index contributed by atoms with van der Waals surface area (Å²) in [6, 6.07) is 19.3. The Balaban J connectivity index is 1.13.